The molecule has 1 amide bonds. The summed E-state index contributed by atoms with van der Waals surface area (Å²) in [5.74, 6) is -2.75. The Balaban J connectivity index is 2.12. The van der Waals surface area contributed by atoms with E-state index in [0.717, 1.165) is 6.07 Å². The van der Waals surface area contributed by atoms with Crippen LogP contribution in [-0.2, 0) is 20.9 Å². The Labute approximate surface area is 159 Å². The number of phenols is 1. The molecular formula is C16H14BrNO9. The molecule has 0 bridgehead atoms. The minimum atomic E-state index is -1.43. The summed E-state index contributed by atoms with van der Waals surface area (Å²) in [6, 6.07) is 2.35. The van der Waals surface area contributed by atoms with E-state index in [0.29, 0.717) is 9.86 Å². The molecule has 0 saturated heterocycles. The molecule has 2 aromatic rings. The van der Waals surface area contributed by atoms with Crippen LogP contribution in [0.3, 0.4) is 0 Å². The highest BCUT2D eigenvalue weighted by Crippen LogP contribution is 2.30. The van der Waals surface area contributed by atoms with E-state index >= 15 is 0 Å². The number of nitrogens with one attached hydrogen (secondary N) is 1. The van der Waals surface area contributed by atoms with Crippen molar-refractivity contribution in [2.75, 3.05) is 0 Å². The summed E-state index contributed by atoms with van der Waals surface area (Å²) in [5.41, 5.74) is -0.380. The molecule has 1 aromatic heterocycles. The van der Waals surface area contributed by atoms with Gasteiger partial charge in [-0.25, -0.2) is 14.4 Å². The summed E-state index contributed by atoms with van der Waals surface area (Å²) >= 11 is 3.12. The van der Waals surface area contributed by atoms with Gasteiger partial charge in [0.15, 0.2) is 0 Å². The monoisotopic (exact) mass is 443 g/mol. The average molecular weight is 444 g/mol. The molecule has 1 aromatic carbocycles. The number of aromatic hydroxyl groups is 1. The highest BCUT2D eigenvalue weighted by atomic mass is 79.9. The van der Waals surface area contributed by atoms with Crippen LogP contribution in [0, 0.1) is 0 Å². The zero-order chi connectivity index (χ0) is 20.1. The third kappa shape index (κ3) is 5.45. The van der Waals surface area contributed by atoms with Gasteiger partial charge in [-0.1, -0.05) is 0 Å². The molecule has 1 atom stereocenters. The Kier molecular flexibility index (Phi) is 6.40. The van der Waals surface area contributed by atoms with Crippen molar-refractivity contribution >= 4 is 44.9 Å². The van der Waals surface area contributed by atoms with E-state index in [1.54, 1.807) is 0 Å². The number of carbonyl (C=O) groups excluding carboxylic acids is 1. The van der Waals surface area contributed by atoms with Crippen molar-refractivity contribution < 1.29 is 38.9 Å². The van der Waals surface area contributed by atoms with Crippen LogP contribution in [-0.4, -0.2) is 39.4 Å². The number of carboxylic acid groups (broad SMARTS) is 2. The lowest BCUT2D eigenvalue weighted by atomic mass is 10.1. The molecular weight excluding hydrogens is 430 g/mol. The lowest BCUT2D eigenvalue weighted by Crippen LogP contribution is -2.41. The fraction of sp³-hybridized carbons (Fsp3) is 0.250. The summed E-state index contributed by atoms with van der Waals surface area (Å²) in [6.07, 6.45) is -1.85. The number of ether oxygens (including phenoxy) is 1. The van der Waals surface area contributed by atoms with Crippen molar-refractivity contribution in [3.05, 3.63) is 38.7 Å². The van der Waals surface area contributed by atoms with Crippen LogP contribution in [0.2, 0.25) is 0 Å². The molecule has 4 N–H and O–H groups in total. The summed E-state index contributed by atoms with van der Waals surface area (Å²) in [7, 11) is 0. The largest absolute Gasteiger partial charge is 0.507 e. The smallest absolute Gasteiger partial charge is 0.408 e. The molecule has 0 aliphatic heterocycles. The normalized spacial score (nSPS) is 11.7. The van der Waals surface area contributed by atoms with Gasteiger partial charge < -0.3 is 29.8 Å². The first-order valence-corrected chi connectivity index (χ1v) is 8.30. The molecule has 0 radical (unpaired) electrons. The van der Waals surface area contributed by atoms with Crippen LogP contribution in [0.4, 0.5) is 4.79 Å². The van der Waals surface area contributed by atoms with Crippen molar-refractivity contribution in [3.63, 3.8) is 0 Å². The van der Waals surface area contributed by atoms with Crippen LogP contribution >= 0.6 is 15.9 Å². The van der Waals surface area contributed by atoms with Gasteiger partial charge in [-0.2, -0.15) is 0 Å². The van der Waals surface area contributed by atoms with Gasteiger partial charge in [-0.3, -0.25) is 4.79 Å². The molecule has 1 unspecified atom stereocenters. The molecule has 11 heteroatoms. The Morgan fingerprint density at radius 3 is 2.56 bits per heavy atom. The summed E-state index contributed by atoms with van der Waals surface area (Å²) in [6.45, 7) is -0.379. The second kappa shape index (κ2) is 8.54. The quantitative estimate of drug-likeness (QED) is 0.466. The number of rotatable bonds is 7. The number of phenolic OH excluding ortho intramolecular Hbond substituents is 1. The van der Waals surface area contributed by atoms with Crippen molar-refractivity contribution in [2.45, 2.75) is 25.5 Å². The van der Waals surface area contributed by atoms with Gasteiger partial charge in [0.2, 0.25) is 0 Å². The Morgan fingerprint density at radius 1 is 1.22 bits per heavy atom. The second-order valence-electron chi connectivity index (χ2n) is 5.43. The summed E-state index contributed by atoms with van der Waals surface area (Å²) in [5, 5.41) is 29.7. The lowest BCUT2D eigenvalue weighted by Gasteiger charge is -2.14. The highest BCUT2D eigenvalue weighted by Gasteiger charge is 2.22. The number of amides is 1. The van der Waals surface area contributed by atoms with E-state index in [4.69, 9.17) is 19.4 Å². The van der Waals surface area contributed by atoms with Crippen molar-refractivity contribution in [1.29, 1.82) is 0 Å². The number of carbonyl (C=O) groups is 3. The molecule has 0 spiro atoms. The molecule has 144 valence electrons. The number of fused-ring (bicyclic) bond motifs is 1. The first-order chi connectivity index (χ1) is 12.7. The maximum absolute atomic E-state index is 11.8. The maximum atomic E-state index is 11.8. The third-order valence-electron chi connectivity index (χ3n) is 3.49. The van der Waals surface area contributed by atoms with Gasteiger partial charge in [0.25, 0.3) is 0 Å². The van der Waals surface area contributed by atoms with Gasteiger partial charge in [0, 0.05) is 29.5 Å². The third-order valence-corrected chi connectivity index (χ3v) is 4.13. The number of aliphatic carboxylic acids is 2. The Hall–Kier alpha value is -3.08. The molecule has 1 heterocycles. The second-order valence-corrected chi connectivity index (χ2v) is 6.29. The van der Waals surface area contributed by atoms with E-state index in [2.05, 4.69) is 21.2 Å². The number of halogens is 1. The number of hydrogen-bond donors (Lipinski definition) is 4. The predicted molar refractivity (Wildman–Crippen MR) is 93.5 cm³/mol. The van der Waals surface area contributed by atoms with Crippen molar-refractivity contribution in [3.8, 4) is 5.75 Å². The SMILES string of the molecule is O=C(O)CCC(NC(=O)OCc1cc(=O)oc2cc(O)c(Br)cc12)C(=O)O. The van der Waals surface area contributed by atoms with E-state index < -0.39 is 36.1 Å². The van der Waals surface area contributed by atoms with Gasteiger partial charge in [0.1, 0.15) is 24.0 Å². The number of benzene rings is 1. The molecule has 0 saturated carbocycles. The van der Waals surface area contributed by atoms with E-state index in [9.17, 15) is 24.3 Å². The van der Waals surface area contributed by atoms with Gasteiger partial charge in [-0.15, -0.1) is 0 Å². The Bertz CT molecular complexity index is 953. The minimum absolute atomic E-state index is 0.0760. The number of hydrogen-bond acceptors (Lipinski definition) is 7. The molecule has 0 fully saturated rings. The lowest BCUT2D eigenvalue weighted by molar-refractivity contribution is -0.140. The first kappa shape index (κ1) is 20.2. The Morgan fingerprint density at radius 2 is 1.93 bits per heavy atom. The minimum Gasteiger partial charge on any atom is -0.507 e. The van der Waals surface area contributed by atoms with Gasteiger partial charge in [-0.05, 0) is 28.4 Å². The number of carboxylic acids is 2. The van der Waals surface area contributed by atoms with Gasteiger partial charge >= 0.3 is 23.7 Å². The number of alkyl carbamates (subject to hydrolysis) is 1. The summed E-state index contributed by atoms with van der Waals surface area (Å²) in [4.78, 5) is 45.0. The molecule has 10 nitrogen and oxygen atoms in total. The van der Waals surface area contributed by atoms with Crippen LogP contribution in [0.1, 0.15) is 18.4 Å². The molecule has 0 aliphatic rings. The van der Waals surface area contributed by atoms with E-state index in [-0.39, 0.29) is 29.9 Å². The summed E-state index contributed by atoms with van der Waals surface area (Å²) < 4.78 is 10.2. The molecule has 0 aliphatic carbocycles. The molecule has 27 heavy (non-hydrogen) atoms. The van der Waals surface area contributed by atoms with Crippen LogP contribution in [0.25, 0.3) is 11.0 Å². The molecule has 2 rings (SSSR count). The highest BCUT2D eigenvalue weighted by molar-refractivity contribution is 9.10. The first-order valence-electron chi connectivity index (χ1n) is 7.50. The van der Waals surface area contributed by atoms with Crippen molar-refractivity contribution in [1.82, 2.24) is 5.32 Å². The predicted octanol–water partition coefficient (Wildman–Crippen LogP) is 1.81. The van der Waals surface area contributed by atoms with Crippen LogP contribution in [0.15, 0.2) is 31.9 Å². The maximum Gasteiger partial charge on any atom is 0.408 e. The average Bonchev–Trinajstić information content (AvgIpc) is 2.57. The van der Waals surface area contributed by atoms with E-state index in [1.807, 2.05) is 0 Å². The fourth-order valence-corrected chi connectivity index (χ4v) is 2.55. The fourth-order valence-electron chi connectivity index (χ4n) is 2.21. The van der Waals surface area contributed by atoms with Gasteiger partial charge in [0.05, 0.1) is 4.47 Å². The standard InChI is InChI=1S/C16H14BrNO9/c17-9-4-8-7(3-14(22)27-12(8)5-11(9)19)6-26-16(25)18-10(15(23)24)1-2-13(20)21/h3-5,10,19H,1-2,6H2,(H,18,25)(H,20,21)(H,23,24). The van der Waals surface area contributed by atoms with E-state index in [1.165, 1.54) is 12.1 Å². The van der Waals surface area contributed by atoms with Crippen LogP contribution in [0.5, 0.6) is 5.75 Å². The zero-order valence-electron chi connectivity index (χ0n) is 13.6. The zero-order valence-corrected chi connectivity index (χ0v) is 15.2. The van der Waals surface area contributed by atoms with Crippen molar-refractivity contribution in [2.24, 2.45) is 0 Å². The topological polar surface area (TPSA) is 163 Å². The van der Waals surface area contributed by atoms with Crippen LogP contribution < -0.4 is 10.9 Å².